The van der Waals surface area contributed by atoms with Crippen LogP contribution in [0.5, 0.6) is 0 Å². The molecule has 1 atom stereocenters. The molecule has 3 heterocycles. The Morgan fingerprint density at radius 1 is 1.33 bits per heavy atom. The highest BCUT2D eigenvalue weighted by atomic mass is 32.2. The summed E-state index contributed by atoms with van der Waals surface area (Å²) in [6.45, 7) is 8.19. The van der Waals surface area contributed by atoms with Crippen molar-refractivity contribution in [2.75, 3.05) is 33.4 Å². The molecule has 27 heavy (non-hydrogen) atoms. The number of hydrogen-bond donors (Lipinski definition) is 0. The largest absolute Gasteiger partial charge is 0.383 e. The fourth-order valence-electron chi connectivity index (χ4n) is 3.85. The van der Waals surface area contributed by atoms with Gasteiger partial charge in [-0.2, -0.15) is 0 Å². The SMILES string of the molecule is COCCN=C1Sc2nc3c(C)cc(C)cc3cc2CN1C[C@H]1CCCO1. The van der Waals surface area contributed by atoms with Crippen molar-refractivity contribution in [3.05, 3.63) is 34.9 Å². The van der Waals surface area contributed by atoms with Crippen molar-refractivity contribution >= 4 is 27.8 Å². The van der Waals surface area contributed by atoms with Gasteiger partial charge in [0.2, 0.25) is 0 Å². The highest BCUT2D eigenvalue weighted by Crippen LogP contribution is 2.34. The van der Waals surface area contributed by atoms with Gasteiger partial charge in [0.05, 0.1) is 24.8 Å². The standard InChI is InChI=1S/C21H27N3O2S/c1-14-9-15(2)19-16(10-14)11-17-12-24(13-18-5-4-7-26-18)21(22-6-8-25-3)27-20(17)23-19/h9-11,18H,4-8,12-13H2,1-3H3/t18-/m1/s1. The van der Waals surface area contributed by atoms with E-state index in [4.69, 9.17) is 19.5 Å². The predicted molar refractivity (Wildman–Crippen MR) is 111 cm³/mol. The molecule has 0 radical (unpaired) electrons. The molecule has 2 aromatic rings. The summed E-state index contributed by atoms with van der Waals surface area (Å²) in [7, 11) is 1.71. The predicted octanol–water partition coefficient (Wildman–Crippen LogP) is 3.94. The van der Waals surface area contributed by atoms with Gasteiger partial charge in [0.1, 0.15) is 5.03 Å². The molecule has 0 aliphatic carbocycles. The van der Waals surface area contributed by atoms with E-state index >= 15 is 0 Å². The summed E-state index contributed by atoms with van der Waals surface area (Å²) in [5.74, 6) is 0. The van der Waals surface area contributed by atoms with Gasteiger partial charge in [0.25, 0.3) is 0 Å². The van der Waals surface area contributed by atoms with Crippen molar-refractivity contribution in [2.24, 2.45) is 4.99 Å². The quantitative estimate of drug-likeness (QED) is 0.730. The lowest BCUT2D eigenvalue weighted by Gasteiger charge is -2.32. The topological polar surface area (TPSA) is 47.0 Å². The molecule has 4 rings (SSSR count). The van der Waals surface area contributed by atoms with E-state index in [0.717, 1.165) is 48.2 Å². The molecule has 0 saturated carbocycles. The van der Waals surface area contributed by atoms with Gasteiger partial charge >= 0.3 is 0 Å². The average molecular weight is 386 g/mol. The number of aryl methyl sites for hydroxylation is 2. The van der Waals surface area contributed by atoms with Crippen LogP contribution in [0.2, 0.25) is 0 Å². The van der Waals surface area contributed by atoms with E-state index in [1.165, 1.54) is 22.1 Å². The summed E-state index contributed by atoms with van der Waals surface area (Å²) in [6, 6.07) is 6.73. The number of thioether (sulfide) groups is 1. The zero-order valence-corrected chi connectivity index (χ0v) is 17.1. The minimum absolute atomic E-state index is 0.303. The van der Waals surface area contributed by atoms with Gasteiger partial charge in [0, 0.05) is 37.8 Å². The smallest absolute Gasteiger partial charge is 0.166 e. The van der Waals surface area contributed by atoms with Gasteiger partial charge in [-0.25, -0.2) is 4.98 Å². The maximum absolute atomic E-state index is 5.87. The first-order valence-corrected chi connectivity index (χ1v) is 10.4. The Hall–Kier alpha value is -1.63. The average Bonchev–Trinajstić information content (AvgIpc) is 3.14. The molecule has 0 spiro atoms. The summed E-state index contributed by atoms with van der Waals surface area (Å²) >= 11 is 1.68. The molecule has 0 amide bonds. The third-order valence-corrected chi connectivity index (χ3v) is 6.22. The summed E-state index contributed by atoms with van der Waals surface area (Å²) in [5.41, 5.74) is 4.88. The Labute approximate surface area is 165 Å². The number of nitrogens with zero attached hydrogens (tertiary/aromatic N) is 3. The van der Waals surface area contributed by atoms with Gasteiger partial charge < -0.3 is 14.4 Å². The molecule has 1 saturated heterocycles. The van der Waals surface area contributed by atoms with Crippen LogP contribution >= 0.6 is 11.8 Å². The number of aromatic nitrogens is 1. The first-order chi connectivity index (χ1) is 13.1. The van der Waals surface area contributed by atoms with Crippen LogP contribution in [-0.4, -0.2) is 54.6 Å². The van der Waals surface area contributed by atoms with Crippen LogP contribution in [0.3, 0.4) is 0 Å². The molecule has 1 aromatic heterocycles. The third kappa shape index (κ3) is 4.13. The van der Waals surface area contributed by atoms with E-state index < -0.39 is 0 Å². The zero-order valence-electron chi connectivity index (χ0n) is 16.3. The Morgan fingerprint density at radius 2 is 2.22 bits per heavy atom. The minimum atomic E-state index is 0.303. The molecule has 5 nitrogen and oxygen atoms in total. The Kier molecular flexibility index (Phi) is 5.66. The highest BCUT2D eigenvalue weighted by Gasteiger charge is 2.28. The number of fused-ring (bicyclic) bond motifs is 2. The number of pyridine rings is 1. The number of aliphatic imine (C=N–C) groups is 1. The molecule has 1 fully saturated rings. The molecular weight excluding hydrogens is 358 g/mol. The van der Waals surface area contributed by atoms with Gasteiger partial charge in [0.15, 0.2) is 5.17 Å². The van der Waals surface area contributed by atoms with Crippen LogP contribution in [0, 0.1) is 13.8 Å². The fourth-order valence-corrected chi connectivity index (χ4v) is 4.83. The zero-order chi connectivity index (χ0) is 18.8. The number of rotatable bonds is 5. The molecular formula is C21H27N3O2S. The number of amidine groups is 1. The van der Waals surface area contributed by atoms with Crippen molar-refractivity contribution in [1.82, 2.24) is 9.88 Å². The van der Waals surface area contributed by atoms with Gasteiger partial charge in [-0.05, 0) is 56.1 Å². The third-order valence-electron chi connectivity index (χ3n) is 5.10. The second-order valence-electron chi connectivity index (χ2n) is 7.38. The maximum Gasteiger partial charge on any atom is 0.166 e. The van der Waals surface area contributed by atoms with Crippen molar-refractivity contribution in [1.29, 1.82) is 0 Å². The minimum Gasteiger partial charge on any atom is -0.383 e. The Balaban J connectivity index is 1.67. The number of ether oxygens (including phenoxy) is 2. The lowest BCUT2D eigenvalue weighted by atomic mass is 10.1. The van der Waals surface area contributed by atoms with Crippen molar-refractivity contribution in [2.45, 2.75) is 44.4 Å². The molecule has 2 aliphatic rings. The monoisotopic (exact) mass is 385 g/mol. The van der Waals surface area contributed by atoms with Crippen molar-refractivity contribution in [3.8, 4) is 0 Å². The van der Waals surface area contributed by atoms with Crippen LogP contribution in [0.15, 0.2) is 28.2 Å². The van der Waals surface area contributed by atoms with Gasteiger partial charge in [-0.15, -0.1) is 0 Å². The summed E-state index contributed by atoms with van der Waals surface area (Å²) in [4.78, 5) is 12.1. The summed E-state index contributed by atoms with van der Waals surface area (Å²) < 4.78 is 11.1. The van der Waals surface area contributed by atoms with E-state index in [1.807, 2.05) is 0 Å². The lowest BCUT2D eigenvalue weighted by Crippen LogP contribution is -2.38. The van der Waals surface area contributed by atoms with Crippen LogP contribution < -0.4 is 0 Å². The fraction of sp³-hybridized carbons (Fsp3) is 0.524. The first-order valence-electron chi connectivity index (χ1n) is 9.62. The van der Waals surface area contributed by atoms with Crippen LogP contribution in [0.1, 0.15) is 29.5 Å². The second kappa shape index (κ2) is 8.17. The highest BCUT2D eigenvalue weighted by molar-refractivity contribution is 8.13. The summed E-state index contributed by atoms with van der Waals surface area (Å²) in [5, 5.41) is 3.34. The molecule has 144 valence electrons. The molecule has 0 unspecified atom stereocenters. The second-order valence-corrected chi connectivity index (χ2v) is 8.34. The molecule has 2 aliphatic heterocycles. The van der Waals surface area contributed by atoms with Crippen molar-refractivity contribution in [3.63, 3.8) is 0 Å². The van der Waals surface area contributed by atoms with E-state index in [9.17, 15) is 0 Å². The first kappa shape index (κ1) is 18.7. The van der Waals surface area contributed by atoms with E-state index in [0.29, 0.717) is 19.3 Å². The number of benzene rings is 1. The Bertz CT molecular complexity index is 862. The molecule has 0 N–H and O–H groups in total. The van der Waals surface area contributed by atoms with Crippen LogP contribution in [0.4, 0.5) is 0 Å². The normalized spacial score (nSPS) is 21.2. The van der Waals surface area contributed by atoms with Gasteiger partial charge in [-0.1, -0.05) is 11.6 Å². The van der Waals surface area contributed by atoms with Crippen molar-refractivity contribution < 1.29 is 9.47 Å². The maximum atomic E-state index is 5.87. The molecule has 6 heteroatoms. The lowest BCUT2D eigenvalue weighted by molar-refractivity contribution is 0.0902. The molecule has 1 aromatic carbocycles. The molecule has 0 bridgehead atoms. The van der Waals surface area contributed by atoms with Crippen LogP contribution in [0.25, 0.3) is 10.9 Å². The van der Waals surface area contributed by atoms with E-state index in [2.05, 4.69) is 36.9 Å². The van der Waals surface area contributed by atoms with Gasteiger partial charge in [-0.3, -0.25) is 4.99 Å². The van der Waals surface area contributed by atoms with E-state index in [-0.39, 0.29) is 0 Å². The number of methoxy groups -OCH3 is 1. The summed E-state index contributed by atoms with van der Waals surface area (Å²) in [6.07, 6.45) is 2.59. The Morgan fingerprint density at radius 3 is 3.00 bits per heavy atom. The number of hydrogen-bond acceptors (Lipinski definition) is 5. The van der Waals surface area contributed by atoms with Crippen LogP contribution in [-0.2, 0) is 16.0 Å². The van der Waals surface area contributed by atoms with E-state index in [1.54, 1.807) is 18.9 Å².